The maximum absolute atomic E-state index is 12.3. The van der Waals surface area contributed by atoms with Crippen molar-refractivity contribution in [3.63, 3.8) is 0 Å². The zero-order valence-corrected chi connectivity index (χ0v) is 12.8. The Bertz CT molecular complexity index is 486. The molecule has 0 spiro atoms. The van der Waals surface area contributed by atoms with Crippen molar-refractivity contribution in [2.75, 3.05) is 33.3 Å². The number of amides is 1. The molecule has 0 bridgehead atoms. The summed E-state index contributed by atoms with van der Waals surface area (Å²) in [5, 5.41) is 7.32. The van der Waals surface area contributed by atoms with E-state index in [0.717, 1.165) is 17.9 Å². The Morgan fingerprint density at radius 1 is 1.55 bits per heavy atom. The van der Waals surface area contributed by atoms with Gasteiger partial charge in [0.2, 0.25) is 0 Å². The molecule has 20 heavy (non-hydrogen) atoms. The number of carbonyl (C=O) groups is 1. The highest BCUT2D eigenvalue weighted by atomic mass is 16.5. The Balaban J connectivity index is 1.84. The molecule has 2 rings (SSSR count). The number of morpholine rings is 1. The van der Waals surface area contributed by atoms with E-state index in [1.54, 1.807) is 0 Å². The van der Waals surface area contributed by atoms with Crippen molar-refractivity contribution >= 4 is 5.91 Å². The molecule has 2 heterocycles. The number of likely N-dealkylation sites (N-methyl/N-ethyl adjacent to an activating group) is 1. The second kappa shape index (κ2) is 5.93. The number of ether oxygens (including phenoxy) is 1. The predicted octanol–water partition coefficient (Wildman–Crippen LogP) is 0.337. The molecule has 0 aliphatic carbocycles. The molecule has 1 aromatic heterocycles. The van der Waals surface area contributed by atoms with Crippen molar-refractivity contribution in [3.05, 3.63) is 17.5 Å². The first-order chi connectivity index (χ1) is 9.40. The first kappa shape index (κ1) is 15.0. The molecule has 0 aromatic carbocycles. The zero-order valence-electron chi connectivity index (χ0n) is 12.8. The van der Waals surface area contributed by atoms with Crippen LogP contribution in [0.5, 0.6) is 0 Å². The number of hydrogen-bond acceptors (Lipinski definition) is 4. The molecule has 1 amide bonds. The van der Waals surface area contributed by atoms with Crippen LogP contribution in [0.25, 0.3) is 0 Å². The van der Waals surface area contributed by atoms with Crippen LogP contribution in [0, 0.1) is 13.8 Å². The van der Waals surface area contributed by atoms with Crippen LogP contribution in [0.4, 0.5) is 0 Å². The largest absolute Gasteiger partial charge is 0.363 e. The lowest BCUT2D eigenvalue weighted by molar-refractivity contribution is -0.155. The Morgan fingerprint density at radius 3 is 2.90 bits per heavy atom. The topological polar surface area (TPSA) is 59.4 Å². The van der Waals surface area contributed by atoms with Gasteiger partial charge in [0, 0.05) is 25.3 Å². The van der Waals surface area contributed by atoms with Gasteiger partial charge in [-0.15, -0.1) is 0 Å². The highest BCUT2D eigenvalue weighted by molar-refractivity contribution is 5.85. The minimum Gasteiger partial charge on any atom is -0.363 e. The van der Waals surface area contributed by atoms with Crippen LogP contribution in [0.1, 0.15) is 18.3 Å². The van der Waals surface area contributed by atoms with E-state index in [4.69, 9.17) is 4.74 Å². The predicted molar refractivity (Wildman–Crippen MR) is 76.6 cm³/mol. The fraction of sp³-hybridized carbons (Fsp3) is 0.714. The van der Waals surface area contributed by atoms with E-state index in [1.807, 2.05) is 38.6 Å². The highest BCUT2D eigenvalue weighted by Crippen LogP contribution is 2.16. The monoisotopic (exact) mass is 280 g/mol. The molecule has 1 aromatic rings. The van der Waals surface area contributed by atoms with Gasteiger partial charge in [0.1, 0.15) is 0 Å². The lowest BCUT2D eigenvalue weighted by Gasteiger charge is -2.37. The Morgan fingerprint density at radius 2 is 2.30 bits per heavy atom. The number of hydrogen-bond donors (Lipinski definition) is 1. The third-order valence-corrected chi connectivity index (χ3v) is 3.66. The summed E-state index contributed by atoms with van der Waals surface area (Å²) in [6.07, 6.45) is 0. The molecule has 6 nitrogen and oxygen atoms in total. The molecule has 6 heteroatoms. The van der Waals surface area contributed by atoms with Crippen molar-refractivity contribution in [1.29, 1.82) is 0 Å². The van der Waals surface area contributed by atoms with Gasteiger partial charge in [-0.25, -0.2) is 0 Å². The van der Waals surface area contributed by atoms with E-state index < -0.39 is 5.60 Å². The molecule has 1 saturated heterocycles. The second-order valence-corrected chi connectivity index (χ2v) is 5.72. The molecule has 1 atom stereocenters. The summed E-state index contributed by atoms with van der Waals surface area (Å²) in [5.74, 6) is -0.0504. The van der Waals surface area contributed by atoms with Crippen molar-refractivity contribution in [2.45, 2.75) is 32.9 Å². The molecule has 1 aliphatic rings. The van der Waals surface area contributed by atoms with Crippen molar-refractivity contribution in [2.24, 2.45) is 0 Å². The Kier molecular flexibility index (Phi) is 4.45. The van der Waals surface area contributed by atoms with Gasteiger partial charge < -0.3 is 15.0 Å². The molecule has 0 radical (unpaired) electrons. The summed E-state index contributed by atoms with van der Waals surface area (Å²) in [7, 11) is 2.00. The summed E-state index contributed by atoms with van der Waals surface area (Å²) in [6, 6.07) is 2.03. The molecule has 112 valence electrons. The molecular weight excluding hydrogens is 256 g/mol. The molecule has 0 saturated carbocycles. The third-order valence-electron chi connectivity index (χ3n) is 3.66. The molecule has 1 N–H and O–H groups in total. The number of nitrogens with one attached hydrogen (secondary N) is 1. The van der Waals surface area contributed by atoms with E-state index in [2.05, 4.69) is 15.3 Å². The van der Waals surface area contributed by atoms with E-state index >= 15 is 0 Å². The van der Waals surface area contributed by atoms with E-state index in [0.29, 0.717) is 26.2 Å². The maximum atomic E-state index is 12.3. The van der Waals surface area contributed by atoms with Crippen molar-refractivity contribution in [1.82, 2.24) is 20.0 Å². The lowest BCUT2D eigenvalue weighted by Crippen LogP contribution is -2.57. The quantitative estimate of drug-likeness (QED) is 0.864. The average molecular weight is 280 g/mol. The summed E-state index contributed by atoms with van der Waals surface area (Å²) >= 11 is 0. The summed E-state index contributed by atoms with van der Waals surface area (Å²) in [5.41, 5.74) is 1.36. The fourth-order valence-corrected chi connectivity index (χ4v) is 2.57. The number of carbonyl (C=O) groups excluding carboxylic acids is 1. The molecule has 1 fully saturated rings. The van der Waals surface area contributed by atoms with E-state index in [-0.39, 0.29) is 5.91 Å². The maximum Gasteiger partial charge on any atom is 0.253 e. The standard InChI is InChI=1S/C14H24N4O2/c1-11-9-12(2)18(16-11)6-5-15-13(19)14(3)10-17(4)7-8-20-14/h9H,5-8,10H2,1-4H3,(H,15,19). The normalized spacial score (nSPS) is 23.8. The summed E-state index contributed by atoms with van der Waals surface area (Å²) < 4.78 is 7.56. The van der Waals surface area contributed by atoms with E-state index in [9.17, 15) is 4.79 Å². The van der Waals surface area contributed by atoms with Crippen molar-refractivity contribution in [3.8, 4) is 0 Å². The number of nitrogens with zero attached hydrogens (tertiary/aromatic N) is 3. The SMILES string of the molecule is Cc1cc(C)n(CCNC(=O)C2(C)CN(C)CCO2)n1. The minimum atomic E-state index is -0.748. The van der Waals surface area contributed by atoms with Gasteiger partial charge in [0.25, 0.3) is 5.91 Å². The van der Waals surface area contributed by atoms with Gasteiger partial charge in [-0.3, -0.25) is 9.48 Å². The van der Waals surface area contributed by atoms with Crippen LogP contribution >= 0.6 is 0 Å². The minimum absolute atomic E-state index is 0.0504. The number of rotatable bonds is 4. The summed E-state index contributed by atoms with van der Waals surface area (Å²) in [6.45, 7) is 9.16. The first-order valence-corrected chi connectivity index (χ1v) is 7.02. The van der Waals surface area contributed by atoms with Crippen LogP contribution < -0.4 is 5.32 Å². The summed E-state index contributed by atoms with van der Waals surface area (Å²) in [4.78, 5) is 14.4. The van der Waals surface area contributed by atoms with Crippen molar-refractivity contribution < 1.29 is 9.53 Å². The van der Waals surface area contributed by atoms with Gasteiger partial charge in [-0.1, -0.05) is 0 Å². The molecule has 1 unspecified atom stereocenters. The van der Waals surface area contributed by atoms with Gasteiger partial charge in [-0.2, -0.15) is 5.10 Å². The fourth-order valence-electron chi connectivity index (χ4n) is 2.57. The van der Waals surface area contributed by atoms with Gasteiger partial charge in [-0.05, 0) is 33.9 Å². The number of aryl methyl sites for hydroxylation is 2. The van der Waals surface area contributed by atoms with Gasteiger partial charge >= 0.3 is 0 Å². The van der Waals surface area contributed by atoms with Crippen LogP contribution in [-0.2, 0) is 16.1 Å². The van der Waals surface area contributed by atoms with E-state index in [1.165, 1.54) is 0 Å². The highest BCUT2D eigenvalue weighted by Gasteiger charge is 2.37. The lowest BCUT2D eigenvalue weighted by atomic mass is 10.0. The Hall–Kier alpha value is -1.40. The van der Waals surface area contributed by atoms with Crippen LogP contribution in [-0.4, -0.2) is 59.5 Å². The van der Waals surface area contributed by atoms with Crippen LogP contribution in [0.15, 0.2) is 6.07 Å². The first-order valence-electron chi connectivity index (χ1n) is 7.02. The Labute approximate surface area is 120 Å². The van der Waals surface area contributed by atoms with Gasteiger partial charge in [0.15, 0.2) is 5.60 Å². The van der Waals surface area contributed by atoms with Crippen LogP contribution in [0.3, 0.4) is 0 Å². The van der Waals surface area contributed by atoms with Gasteiger partial charge in [0.05, 0.1) is 18.8 Å². The second-order valence-electron chi connectivity index (χ2n) is 5.72. The molecular formula is C14H24N4O2. The third kappa shape index (κ3) is 3.37. The molecule has 1 aliphatic heterocycles. The number of aromatic nitrogens is 2. The average Bonchev–Trinajstić information content (AvgIpc) is 2.67. The van der Waals surface area contributed by atoms with Crippen LogP contribution in [0.2, 0.25) is 0 Å². The zero-order chi connectivity index (χ0) is 14.8. The smallest absolute Gasteiger partial charge is 0.253 e.